The van der Waals surface area contributed by atoms with Crippen LogP contribution < -0.4 is 5.73 Å². The molecular formula is C12H18N3O8P. The molecule has 0 heterocycles. The third kappa shape index (κ3) is 9.54. The van der Waals surface area contributed by atoms with Crippen LogP contribution in [0.3, 0.4) is 0 Å². The molecular weight excluding hydrogens is 345 g/mol. The average Bonchev–Trinajstić information content (AvgIpc) is 2.45. The number of rotatable bonds is 5. The van der Waals surface area contributed by atoms with Crippen LogP contribution in [0.5, 0.6) is 0 Å². The number of aliphatic hydroxyl groups excluding tert-OH is 1. The molecule has 0 radical (unpaired) electrons. The molecule has 0 amide bonds. The highest BCUT2D eigenvalue weighted by Crippen LogP contribution is 2.35. The first-order chi connectivity index (χ1) is 10.9. The van der Waals surface area contributed by atoms with Gasteiger partial charge in [-0.05, 0) is 5.56 Å². The van der Waals surface area contributed by atoms with E-state index in [0.29, 0.717) is 5.56 Å². The third-order valence-electron chi connectivity index (χ3n) is 2.35. The summed E-state index contributed by atoms with van der Waals surface area (Å²) in [5.74, 6) is -2.92. The van der Waals surface area contributed by atoms with Crippen molar-refractivity contribution in [3.8, 4) is 0 Å². The summed E-state index contributed by atoms with van der Waals surface area (Å²) >= 11 is 0. The zero-order chi connectivity index (χ0) is 18.9. The lowest BCUT2D eigenvalue weighted by atomic mass is 10.1. The van der Waals surface area contributed by atoms with Gasteiger partial charge in [0.15, 0.2) is 6.10 Å². The van der Waals surface area contributed by atoms with E-state index in [1.807, 2.05) is 0 Å². The Bertz CT molecular complexity index is 630. The van der Waals surface area contributed by atoms with Gasteiger partial charge in [0.1, 0.15) is 6.54 Å². The number of benzene rings is 1. The summed E-state index contributed by atoms with van der Waals surface area (Å²) in [7, 11) is -3.34. The molecule has 1 rings (SSSR count). The standard InChI is InChI=1S/C8H8O3.C4H10N3O5P/c9-7(8(10)11)6-4-2-1-3-5-6;1-7(2-3(8)9)4(5)6-13(10,11)12/h1-5,7,9H,(H,10,11);2H2,1H3,(H,8,9)(H4,5,6,10,11,12). The van der Waals surface area contributed by atoms with E-state index in [2.05, 4.69) is 4.76 Å². The minimum Gasteiger partial charge on any atom is -0.480 e. The number of carboxylic acids is 2. The smallest absolute Gasteiger partial charge is 0.451 e. The van der Waals surface area contributed by atoms with Gasteiger partial charge in [-0.3, -0.25) is 4.79 Å². The quantitative estimate of drug-likeness (QED) is 0.219. The predicted molar refractivity (Wildman–Crippen MR) is 83.0 cm³/mol. The van der Waals surface area contributed by atoms with E-state index in [1.54, 1.807) is 30.3 Å². The molecule has 1 aromatic rings. The molecule has 1 unspecified atom stereocenters. The number of nitrogens with zero attached hydrogens (tertiary/aromatic N) is 2. The number of carboxylic acid groups (broad SMARTS) is 2. The maximum Gasteiger partial charge on any atom is 0.451 e. The number of guanidine groups is 1. The maximum absolute atomic E-state index is 10.3. The first-order valence-corrected chi connectivity index (χ1v) is 7.80. The number of hydrogen-bond acceptors (Lipinski definition) is 4. The van der Waals surface area contributed by atoms with Gasteiger partial charge >= 0.3 is 19.7 Å². The van der Waals surface area contributed by atoms with Crippen molar-refractivity contribution in [3.05, 3.63) is 35.9 Å². The summed E-state index contributed by atoms with van der Waals surface area (Å²) in [4.78, 5) is 38.0. The Hall–Kier alpha value is -2.46. The zero-order valence-corrected chi connectivity index (χ0v) is 13.4. The van der Waals surface area contributed by atoms with Gasteiger partial charge in [-0.1, -0.05) is 30.3 Å². The second kappa shape index (κ2) is 9.63. The highest BCUT2D eigenvalue weighted by Gasteiger charge is 2.15. The molecule has 24 heavy (non-hydrogen) atoms. The lowest BCUT2D eigenvalue weighted by Gasteiger charge is -2.14. The van der Waals surface area contributed by atoms with Crippen molar-refractivity contribution in [2.75, 3.05) is 13.6 Å². The average molecular weight is 363 g/mol. The summed E-state index contributed by atoms with van der Waals surface area (Å²) in [5, 5.41) is 25.7. The minimum absolute atomic E-state index is 0.403. The molecule has 0 saturated heterocycles. The SMILES string of the molecule is CN(CC(=O)O)/C(N)=N/P(=O)(O)O.O=C(O)C(O)c1ccccc1. The van der Waals surface area contributed by atoms with Crippen molar-refractivity contribution in [2.45, 2.75) is 6.10 Å². The van der Waals surface area contributed by atoms with Crippen LogP contribution in [0, 0.1) is 0 Å². The molecule has 7 N–H and O–H groups in total. The summed E-state index contributed by atoms with van der Waals surface area (Å²) in [5.41, 5.74) is 5.47. The molecule has 0 spiro atoms. The van der Waals surface area contributed by atoms with Gasteiger partial charge in [-0.15, -0.1) is 4.76 Å². The van der Waals surface area contributed by atoms with E-state index in [-0.39, 0.29) is 0 Å². The second-order valence-electron chi connectivity index (χ2n) is 4.37. The van der Waals surface area contributed by atoms with E-state index < -0.39 is 38.3 Å². The predicted octanol–water partition coefficient (Wildman–Crippen LogP) is -0.785. The van der Waals surface area contributed by atoms with Gasteiger partial charge in [0.05, 0.1) is 0 Å². The zero-order valence-electron chi connectivity index (χ0n) is 12.6. The highest BCUT2D eigenvalue weighted by atomic mass is 31.2. The number of carbonyl (C=O) groups is 2. The van der Waals surface area contributed by atoms with Crippen molar-refractivity contribution in [3.63, 3.8) is 0 Å². The maximum atomic E-state index is 10.3. The molecule has 12 heteroatoms. The molecule has 0 aliphatic rings. The van der Waals surface area contributed by atoms with Crippen molar-refractivity contribution < 1.29 is 39.3 Å². The largest absolute Gasteiger partial charge is 0.480 e. The molecule has 0 saturated carbocycles. The number of aliphatic hydroxyl groups is 1. The van der Waals surface area contributed by atoms with E-state index in [0.717, 1.165) is 4.90 Å². The van der Waals surface area contributed by atoms with E-state index in [4.69, 9.17) is 30.8 Å². The summed E-state index contributed by atoms with van der Waals surface area (Å²) in [6.07, 6.45) is -1.41. The van der Waals surface area contributed by atoms with E-state index in [9.17, 15) is 14.2 Å². The Labute approximate surface area is 136 Å². The van der Waals surface area contributed by atoms with Crippen LogP contribution in [0.1, 0.15) is 11.7 Å². The van der Waals surface area contributed by atoms with Crippen molar-refractivity contribution in [1.29, 1.82) is 0 Å². The number of nitrogens with two attached hydrogens (primary N) is 1. The Kier molecular flexibility index (Phi) is 8.64. The van der Waals surface area contributed by atoms with Gasteiger partial charge < -0.3 is 35.7 Å². The first-order valence-electron chi connectivity index (χ1n) is 6.24. The van der Waals surface area contributed by atoms with Gasteiger partial charge in [-0.25, -0.2) is 9.36 Å². The molecule has 134 valence electrons. The lowest BCUT2D eigenvalue weighted by molar-refractivity contribution is -0.147. The molecule has 1 atom stereocenters. The summed E-state index contributed by atoms with van der Waals surface area (Å²) in [6.45, 7) is -0.477. The fraction of sp³-hybridized carbons (Fsp3) is 0.250. The van der Waals surface area contributed by atoms with Gasteiger partial charge in [0.25, 0.3) is 0 Å². The van der Waals surface area contributed by atoms with Crippen LogP contribution >= 0.6 is 7.75 Å². The second-order valence-corrected chi connectivity index (χ2v) is 5.60. The summed E-state index contributed by atoms with van der Waals surface area (Å²) < 4.78 is 13.1. The molecule has 11 nitrogen and oxygen atoms in total. The summed E-state index contributed by atoms with van der Waals surface area (Å²) in [6, 6.07) is 8.26. The van der Waals surface area contributed by atoms with Gasteiger partial charge in [0, 0.05) is 7.05 Å². The van der Waals surface area contributed by atoms with Crippen molar-refractivity contribution >= 4 is 25.6 Å². The van der Waals surface area contributed by atoms with Crippen LogP contribution in [0.4, 0.5) is 0 Å². The fourth-order valence-electron chi connectivity index (χ4n) is 1.27. The van der Waals surface area contributed by atoms with E-state index >= 15 is 0 Å². The van der Waals surface area contributed by atoms with Crippen molar-refractivity contribution in [2.24, 2.45) is 10.5 Å². The lowest BCUT2D eigenvalue weighted by Crippen LogP contribution is -2.37. The van der Waals surface area contributed by atoms with Crippen LogP contribution in [0.25, 0.3) is 0 Å². The Morgan fingerprint density at radius 2 is 1.75 bits per heavy atom. The molecule has 0 fully saturated rings. The molecule has 1 aromatic carbocycles. The minimum atomic E-state index is -4.59. The van der Waals surface area contributed by atoms with Crippen LogP contribution in [-0.4, -0.2) is 61.5 Å². The Balaban J connectivity index is 0.000000446. The fourth-order valence-corrected chi connectivity index (χ4v) is 1.69. The topological polar surface area (TPSA) is 194 Å². The van der Waals surface area contributed by atoms with Gasteiger partial charge in [0.2, 0.25) is 5.96 Å². The van der Waals surface area contributed by atoms with E-state index in [1.165, 1.54) is 7.05 Å². The Morgan fingerprint density at radius 1 is 1.25 bits per heavy atom. The van der Waals surface area contributed by atoms with Crippen LogP contribution in [0.2, 0.25) is 0 Å². The first kappa shape index (κ1) is 21.5. The van der Waals surface area contributed by atoms with Gasteiger partial charge in [-0.2, -0.15) is 0 Å². The number of likely N-dealkylation sites (N-methyl/N-ethyl adjacent to an activating group) is 1. The monoisotopic (exact) mass is 363 g/mol. The van der Waals surface area contributed by atoms with Crippen LogP contribution in [-0.2, 0) is 14.2 Å². The van der Waals surface area contributed by atoms with Crippen LogP contribution in [0.15, 0.2) is 35.1 Å². The molecule has 0 aliphatic carbocycles. The van der Waals surface area contributed by atoms with Crippen molar-refractivity contribution in [1.82, 2.24) is 4.90 Å². The number of aliphatic carboxylic acids is 2. The highest BCUT2D eigenvalue weighted by molar-refractivity contribution is 7.50. The molecule has 0 aliphatic heterocycles. The normalized spacial score (nSPS) is 12.6. The molecule has 0 aromatic heterocycles. The number of hydrogen-bond donors (Lipinski definition) is 6. The molecule has 0 bridgehead atoms. The third-order valence-corrected chi connectivity index (χ3v) is 2.81. The Morgan fingerprint density at radius 3 is 2.12 bits per heavy atom.